The van der Waals surface area contributed by atoms with Crippen molar-refractivity contribution in [3.05, 3.63) is 25.3 Å². The molecule has 0 aromatic heterocycles. The van der Waals surface area contributed by atoms with E-state index in [-0.39, 0.29) is 11.7 Å². The predicted molar refractivity (Wildman–Crippen MR) is 203 cm³/mol. The van der Waals surface area contributed by atoms with Crippen LogP contribution in [0.2, 0.25) is 0 Å². The van der Waals surface area contributed by atoms with Gasteiger partial charge in [0.05, 0.1) is 0 Å². The lowest BCUT2D eigenvalue weighted by atomic mass is 9.91. The van der Waals surface area contributed by atoms with Crippen LogP contribution in [0.1, 0.15) is 222 Å². The Morgan fingerprint density at radius 3 is 0.932 bits per heavy atom. The number of Topliss-reactive ketones (excluding diaryl/α,β-unsaturated/α-hetero) is 2. The van der Waals surface area contributed by atoms with Crippen LogP contribution in [-0.2, 0) is 9.59 Å². The lowest BCUT2D eigenvalue weighted by molar-refractivity contribution is -0.121. The zero-order valence-electron chi connectivity index (χ0n) is 31.9. The van der Waals surface area contributed by atoms with Gasteiger partial charge in [0.25, 0.3) is 0 Å². The van der Waals surface area contributed by atoms with Crippen LogP contribution in [0.5, 0.6) is 0 Å². The molecule has 0 fully saturated rings. The Hall–Kier alpha value is -1.18. The molecule has 264 valence electrons. The first kappa shape index (κ1) is 49.7. The first-order valence-corrected chi connectivity index (χ1v) is 19.4. The molecule has 2 nitrogen and oxygen atoms in total. The molecular weight excluding hydrogens is 536 g/mol. The molecule has 0 rings (SSSR count). The van der Waals surface area contributed by atoms with Gasteiger partial charge in [0.2, 0.25) is 0 Å². The SMILES string of the molecule is C=CCCCCCCC.C=CCCCCCCC.CC(=O)C(C)C.CCCCCCCCC(CCCCCCCC)C(C)=O. The molecule has 0 saturated heterocycles. The van der Waals surface area contributed by atoms with Crippen LogP contribution >= 0.6 is 0 Å². The molecule has 44 heavy (non-hydrogen) atoms. The monoisotopic (exact) mass is 621 g/mol. The minimum atomic E-state index is 0.213. The molecule has 0 N–H and O–H groups in total. The fourth-order valence-corrected chi connectivity index (χ4v) is 4.68. The Morgan fingerprint density at radius 1 is 0.455 bits per heavy atom. The summed E-state index contributed by atoms with van der Waals surface area (Å²) in [6.45, 7) is 23.5. The van der Waals surface area contributed by atoms with Gasteiger partial charge in [-0.15, -0.1) is 13.2 Å². The highest BCUT2D eigenvalue weighted by molar-refractivity contribution is 5.78. The maximum Gasteiger partial charge on any atom is 0.132 e. The van der Waals surface area contributed by atoms with Gasteiger partial charge in [0.15, 0.2) is 0 Å². The van der Waals surface area contributed by atoms with Gasteiger partial charge >= 0.3 is 0 Å². The zero-order chi connectivity index (χ0) is 34.1. The van der Waals surface area contributed by atoms with Gasteiger partial charge in [-0.1, -0.05) is 182 Å². The van der Waals surface area contributed by atoms with Crippen LogP contribution in [0.4, 0.5) is 0 Å². The van der Waals surface area contributed by atoms with E-state index in [1.807, 2.05) is 26.0 Å². The van der Waals surface area contributed by atoms with Crippen LogP contribution < -0.4 is 0 Å². The molecule has 0 aromatic rings. The third-order valence-electron chi connectivity index (χ3n) is 8.22. The summed E-state index contributed by atoms with van der Waals surface area (Å²) < 4.78 is 0. The van der Waals surface area contributed by atoms with E-state index in [1.165, 1.54) is 154 Å². The molecule has 0 saturated carbocycles. The minimum absolute atomic E-state index is 0.213. The highest BCUT2D eigenvalue weighted by Crippen LogP contribution is 2.20. The third kappa shape index (κ3) is 53.4. The van der Waals surface area contributed by atoms with E-state index in [4.69, 9.17) is 0 Å². The number of hydrogen-bond acceptors (Lipinski definition) is 2. The van der Waals surface area contributed by atoms with E-state index >= 15 is 0 Å². The van der Waals surface area contributed by atoms with Crippen molar-refractivity contribution in [2.75, 3.05) is 0 Å². The Bertz CT molecular complexity index is 528. The highest BCUT2D eigenvalue weighted by Gasteiger charge is 2.13. The highest BCUT2D eigenvalue weighted by atomic mass is 16.1. The van der Waals surface area contributed by atoms with Gasteiger partial charge in [-0.25, -0.2) is 0 Å². The fourth-order valence-electron chi connectivity index (χ4n) is 4.68. The van der Waals surface area contributed by atoms with Gasteiger partial charge in [-0.2, -0.15) is 0 Å². The summed E-state index contributed by atoms with van der Waals surface area (Å²) in [7, 11) is 0. The van der Waals surface area contributed by atoms with E-state index < -0.39 is 0 Å². The maximum absolute atomic E-state index is 11.7. The van der Waals surface area contributed by atoms with Crippen LogP contribution in [0, 0.1) is 11.8 Å². The van der Waals surface area contributed by atoms with Gasteiger partial charge in [0.1, 0.15) is 11.6 Å². The summed E-state index contributed by atoms with van der Waals surface area (Å²) in [5.41, 5.74) is 0. The quantitative estimate of drug-likeness (QED) is 0.0644. The second kappa shape index (κ2) is 46.2. The van der Waals surface area contributed by atoms with Crippen molar-refractivity contribution in [2.24, 2.45) is 11.8 Å². The molecule has 0 amide bonds. The van der Waals surface area contributed by atoms with Crippen molar-refractivity contribution in [1.82, 2.24) is 0 Å². The van der Waals surface area contributed by atoms with Crippen LogP contribution in [-0.4, -0.2) is 11.6 Å². The zero-order valence-corrected chi connectivity index (χ0v) is 31.9. The molecular formula is C42H84O2. The number of unbranched alkanes of at least 4 members (excludes halogenated alkanes) is 20. The third-order valence-corrected chi connectivity index (χ3v) is 8.22. The number of allylic oxidation sites excluding steroid dienone is 2. The molecule has 0 aliphatic heterocycles. The van der Waals surface area contributed by atoms with Crippen molar-refractivity contribution in [2.45, 2.75) is 222 Å². The van der Waals surface area contributed by atoms with Crippen LogP contribution in [0.15, 0.2) is 25.3 Å². The average Bonchev–Trinajstić information content (AvgIpc) is 3.00. The predicted octanol–water partition coefficient (Wildman–Crippen LogP) is 15.0. The first-order chi connectivity index (χ1) is 21.2. The second-order valence-electron chi connectivity index (χ2n) is 13.2. The van der Waals surface area contributed by atoms with Crippen molar-refractivity contribution >= 4 is 11.6 Å². The topological polar surface area (TPSA) is 34.1 Å². The summed E-state index contributed by atoms with van der Waals surface area (Å²) >= 11 is 0. The molecule has 0 aromatic carbocycles. The summed E-state index contributed by atoms with van der Waals surface area (Å²) in [6.07, 6.45) is 38.4. The molecule has 0 aliphatic rings. The summed E-state index contributed by atoms with van der Waals surface area (Å²) in [5.74, 6) is 1.25. The molecule has 0 heterocycles. The molecule has 0 bridgehead atoms. The van der Waals surface area contributed by atoms with Crippen LogP contribution in [0.3, 0.4) is 0 Å². The number of rotatable bonds is 28. The van der Waals surface area contributed by atoms with E-state index in [9.17, 15) is 9.59 Å². The minimum Gasteiger partial charge on any atom is -0.300 e. The number of carbonyl (C=O) groups excluding carboxylic acids is 2. The summed E-state index contributed by atoms with van der Waals surface area (Å²) in [5, 5.41) is 0. The van der Waals surface area contributed by atoms with Gasteiger partial charge < -0.3 is 0 Å². The van der Waals surface area contributed by atoms with E-state index in [0.29, 0.717) is 11.7 Å². The van der Waals surface area contributed by atoms with Crippen molar-refractivity contribution in [3.63, 3.8) is 0 Å². The first-order valence-electron chi connectivity index (χ1n) is 19.4. The number of carbonyl (C=O) groups is 2. The molecule has 2 heteroatoms. The molecule has 0 spiro atoms. The Labute approximate surface area is 280 Å². The van der Waals surface area contributed by atoms with E-state index in [2.05, 4.69) is 40.9 Å². The van der Waals surface area contributed by atoms with Crippen molar-refractivity contribution in [3.8, 4) is 0 Å². The molecule has 0 aliphatic carbocycles. The average molecular weight is 621 g/mol. The standard InChI is InChI=1S/C19H38O.2C9H18.C5H10O/c1-4-6-8-10-12-14-16-19(18(3)20)17-15-13-11-9-7-5-2;2*1-3-5-7-9-8-6-4-2;1-4(2)5(3)6/h19H,4-17H2,1-3H3;2*3H,1,4-9H2,2H3;4H,1-3H3. The number of hydrogen-bond donors (Lipinski definition) is 0. The maximum atomic E-state index is 11.7. The lowest BCUT2D eigenvalue weighted by Crippen LogP contribution is -2.10. The van der Waals surface area contributed by atoms with E-state index in [0.717, 1.165) is 12.8 Å². The van der Waals surface area contributed by atoms with Gasteiger partial charge in [0, 0.05) is 11.8 Å². The summed E-state index contributed by atoms with van der Waals surface area (Å²) in [4.78, 5) is 21.8. The smallest absolute Gasteiger partial charge is 0.132 e. The van der Waals surface area contributed by atoms with Crippen LogP contribution in [0.25, 0.3) is 0 Å². The summed E-state index contributed by atoms with van der Waals surface area (Å²) in [6, 6.07) is 0. The molecule has 0 unspecified atom stereocenters. The lowest BCUT2D eigenvalue weighted by Gasteiger charge is -2.13. The number of ketones is 2. The van der Waals surface area contributed by atoms with E-state index in [1.54, 1.807) is 13.8 Å². The van der Waals surface area contributed by atoms with Crippen molar-refractivity contribution in [1.29, 1.82) is 0 Å². The van der Waals surface area contributed by atoms with Gasteiger partial charge in [-0.05, 0) is 52.4 Å². The Balaban J connectivity index is -0.000000276. The Kier molecular flexibility index (Phi) is 52.2. The second-order valence-corrected chi connectivity index (χ2v) is 13.2. The van der Waals surface area contributed by atoms with Gasteiger partial charge in [-0.3, -0.25) is 9.59 Å². The molecule has 0 radical (unpaired) electrons. The molecule has 0 atom stereocenters. The normalized spacial score (nSPS) is 10.2. The van der Waals surface area contributed by atoms with Crippen molar-refractivity contribution < 1.29 is 9.59 Å². The fraction of sp³-hybridized carbons (Fsp3) is 0.857. The largest absolute Gasteiger partial charge is 0.300 e. The Morgan fingerprint density at radius 2 is 0.705 bits per heavy atom.